The summed E-state index contributed by atoms with van der Waals surface area (Å²) >= 11 is 6.36. The zero-order valence-corrected chi connectivity index (χ0v) is 21.5. The summed E-state index contributed by atoms with van der Waals surface area (Å²) in [5, 5.41) is 0.461. The van der Waals surface area contributed by atoms with Gasteiger partial charge < -0.3 is 14.2 Å². The molecule has 169 valence electrons. The van der Waals surface area contributed by atoms with Gasteiger partial charge in [0, 0.05) is 23.7 Å². The lowest BCUT2D eigenvalue weighted by molar-refractivity contribution is -0.114. The maximum Gasteiger partial charge on any atom is 0.299 e. The van der Waals surface area contributed by atoms with Crippen LogP contribution < -0.4 is 4.90 Å². The van der Waals surface area contributed by atoms with Gasteiger partial charge in [-0.2, -0.15) is 0 Å². The Labute approximate surface area is 193 Å². The number of nitrogens with zero attached hydrogens (tertiary/aromatic N) is 2. The van der Waals surface area contributed by atoms with Crippen molar-refractivity contribution in [3.63, 3.8) is 0 Å². The van der Waals surface area contributed by atoms with Crippen LogP contribution in [0.3, 0.4) is 0 Å². The summed E-state index contributed by atoms with van der Waals surface area (Å²) in [5.41, 5.74) is 1.46. The molecule has 7 heteroatoms. The quantitative estimate of drug-likeness (QED) is 0.321. The van der Waals surface area contributed by atoms with Gasteiger partial charge in [0.2, 0.25) is 9.04 Å². The summed E-state index contributed by atoms with van der Waals surface area (Å²) in [6, 6.07) is 3.36. The molecule has 0 bridgehead atoms. The number of fused-ring (bicyclic) bond motifs is 1. The average molecular weight is 462 g/mol. The van der Waals surface area contributed by atoms with Crippen LogP contribution in [0.2, 0.25) is 18.1 Å². The zero-order chi connectivity index (χ0) is 23.3. The lowest BCUT2D eigenvalue weighted by Crippen LogP contribution is -2.38. The van der Waals surface area contributed by atoms with Crippen LogP contribution in [0.25, 0.3) is 0 Å². The van der Waals surface area contributed by atoms with Crippen LogP contribution in [0.5, 0.6) is 0 Å². The molecule has 1 aromatic rings. The van der Waals surface area contributed by atoms with Crippen molar-refractivity contribution in [3.05, 3.63) is 28.3 Å². The molecule has 31 heavy (non-hydrogen) atoms. The number of ketones is 1. The Kier molecular flexibility index (Phi) is 8.90. The first-order valence-electron chi connectivity index (χ1n) is 10.9. The topological polar surface area (TPSA) is 49.9 Å². The number of halogens is 1. The fourth-order valence-electron chi connectivity index (χ4n) is 3.61. The van der Waals surface area contributed by atoms with Crippen molar-refractivity contribution >= 4 is 38.0 Å². The summed E-state index contributed by atoms with van der Waals surface area (Å²) in [5.74, 6) is 5.30. The van der Waals surface area contributed by atoms with E-state index in [4.69, 9.17) is 16.0 Å². The van der Waals surface area contributed by atoms with Crippen molar-refractivity contribution in [2.75, 3.05) is 31.1 Å². The summed E-state index contributed by atoms with van der Waals surface area (Å²) < 4.78 is 6.08. The van der Waals surface area contributed by atoms with Crippen LogP contribution in [0.1, 0.15) is 57.0 Å². The van der Waals surface area contributed by atoms with Crippen LogP contribution >= 0.6 is 11.6 Å². The molecule has 2 rings (SSSR count). The van der Waals surface area contributed by atoms with Gasteiger partial charge >= 0.3 is 0 Å². The molecule has 1 aromatic carbocycles. The van der Waals surface area contributed by atoms with Gasteiger partial charge in [-0.15, -0.1) is 0 Å². The first-order valence-corrected chi connectivity index (χ1v) is 13.7. The standard InChI is InChI=1S/C24H34ClN2O3Si/c1-8-26(9-2)12-13-27-20-15-18(25)14-17(21(20)22(28)23(27)29)10-11-19(30-31(6)7)16-24(3,4)5/h14-15,19H,8-9,12-13,16H2,1-7H3. The van der Waals surface area contributed by atoms with Crippen molar-refractivity contribution in [2.45, 2.75) is 60.2 Å². The van der Waals surface area contributed by atoms with E-state index in [1.165, 1.54) is 4.90 Å². The van der Waals surface area contributed by atoms with E-state index >= 15 is 0 Å². The maximum absolute atomic E-state index is 12.8. The van der Waals surface area contributed by atoms with Crippen molar-refractivity contribution < 1.29 is 14.0 Å². The van der Waals surface area contributed by atoms with Gasteiger partial charge in [0.1, 0.15) is 6.10 Å². The Morgan fingerprint density at radius 3 is 2.39 bits per heavy atom. The Morgan fingerprint density at radius 1 is 1.19 bits per heavy atom. The third-order valence-electron chi connectivity index (χ3n) is 5.12. The van der Waals surface area contributed by atoms with E-state index in [0.29, 0.717) is 34.9 Å². The van der Waals surface area contributed by atoms with Gasteiger partial charge in [-0.3, -0.25) is 9.59 Å². The van der Waals surface area contributed by atoms with Gasteiger partial charge in [-0.05, 0) is 50.2 Å². The van der Waals surface area contributed by atoms with Crippen molar-refractivity contribution in [2.24, 2.45) is 5.41 Å². The molecule has 1 heterocycles. The number of hydrogen-bond acceptors (Lipinski definition) is 4. The van der Waals surface area contributed by atoms with Crippen LogP contribution in [-0.2, 0) is 9.22 Å². The monoisotopic (exact) mass is 461 g/mol. The molecule has 1 aliphatic heterocycles. The SMILES string of the molecule is CCN(CC)CCN1C(=O)C(=O)c2c(C#CC(CC(C)(C)C)O[Si](C)C)cc(Cl)cc21. The summed E-state index contributed by atoms with van der Waals surface area (Å²) in [6.07, 6.45) is 0.547. The molecular formula is C24H34ClN2O3Si. The van der Waals surface area contributed by atoms with E-state index in [9.17, 15) is 9.59 Å². The predicted octanol–water partition coefficient (Wildman–Crippen LogP) is 4.64. The Balaban J connectivity index is 2.40. The van der Waals surface area contributed by atoms with Gasteiger partial charge in [-0.1, -0.05) is 58.1 Å². The molecule has 1 amide bonds. The Bertz CT molecular complexity index is 879. The predicted molar refractivity (Wildman–Crippen MR) is 129 cm³/mol. The van der Waals surface area contributed by atoms with Crippen LogP contribution in [0.4, 0.5) is 5.69 Å². The van der Waals surface area contributed by atoms with Gasteiger partial charge in [0.25, 0.3) is 11.7 Å². The largest absolute Gasteiger partial charge is 0.404 e. The second-order valence-corrected chi connectivity index (χ2v) is 11.7. The van der Waals surface area contributed by atoms with Crippen molar-refractivity contribution in [1.82, 2.24) is 4.90 Å². The highest BCUT2D eigenvalue weighted by Gasteiger charge is 2.38. The molecule has 1 atom stereocenters. The van der Waals surface area contributed by atoms with Crippen LogP contribution in [0.15, 0.2) is 12.1 Å². The maximum atomic E-state index is 12.8. The van der Waals surface area contributed by atoms with E-state index in [1.807, 2.05) is 0 Å². The third kappa shape index (κ3) is 6.91. The molecule has 1 radical (unpaired) electrons. The average Bonchev–Trinajstić information content (AvgIpc) is 2.89. The first kappa shape index (κ1) is 25.6. The Morgan fingerprint density at radius 2 is 1.84 bits per heavy atom. The molecule has 0 aliphatic carbocycles. The molecule has 0 saturated heterocycles. The molecule has 0 spiro atoms. The first-order chi connectivity index (χ1) is 14.5. The lowest BCUT2D eigenvalue weighted by atomic mass is 9.89. The third-order valence-corrected chi connectivity index (χ3v) is 6.09. The minimum atomic E-state index is -0.938. The van der Waals surface area contributed by atoms with Crippen LogP contribution in [0, 0.1) is 17.3 Å². The minimum Gasteiger partial charge on any atom is -0.404 e. The molecular weight excluding hydrogens is 428 g/mol. The summed E-state index contributed by atoms with van der Waals surface area (Å²) in [7, 11) is -0.938. The number of carbonyl (C=O) groups excluding carboxylic acids is 2. The highest BCUT2D eigenvalue weighted by atomic mass is 35.5. The number of rotatable bonds is 8. The summed E-state index contributed by atoms with van der Waals surface area (Å²) in [6.45, 7) is 17.7. The number of anilines is 1. The van der Waals surface area contributed by atoms with Gasteiger partial charge in [0.15, 0.2) is 0 Å². The van der Waals surface area contributed by atoms with E-state index in [1.54, 1.807) is 12.1 Å². The second kappa shape index (κ2) is 10.8. The van der Waals surface area contributed by atoms with Gasteiger partial charge in [-0.25, -0.2) is 0 Å². The zero-order valence-electron chi connectivity index (χ0n) is 19.8. The number of carbonyl (C=O) groups is 2. The Hall–Kier alpha value is -1.65. The molecule has 1 aliphatic rings. The number of hydrogen-bond donors (Lipinski definition) is 0. The molecule has 5 nitrogen and oxygen atoms in total. The fraction of sp³-hybridized carbons (Fsp3) is 0.583. The molecule has 0 saturated carbocycles. The van der Waals surface area contributed by atoms with Crippen molar-refractivity contribution in [1.29, 1.82) is 0 Å². The fourth-order valence-corrected chi connectivity index (χ4v) is 4.53. The molecule has 0 fully saturated rings. The molecule has 0 N–H and O–H groups in total. The highest BCUT2D eigenvalue weighted by molar-refractivity contribution is 6.53. The lowest BCUT2D eigenvalue weighted by Gasteiger charge is -2.24. The van der Waals surface area contributed by atoms with E-state index < -0.39 is 20.7 Å². The summed E-state index contributed by atoms with van der Waals surface area (Å²) in [4.78, 5) is 29.3. The number of amides is 1. The normalized spacial score (nSPS) is 14.8. The van der Waals surface area contributed by atoms with E-state index in [0.717, 1.165) is 19.5 Å². The number of benzene rings is 1. The van der Waals surface area contributed by atoms with Crippen molar-refractivity contribution in [3.8, 4) is 11.8 Å². The minimum absolute atomic E-state index is 0.0555. The molecule has 0 aromatic heterocycles. The number of likely N-dealkylation sites (N-methyl/N-ethyl adjacent to an activating group) is 1. The number of Topliss-reactive ketones (excluding diaryl/α,β-unsaturated/α-hetero) is 1. The molecule has 1 unspecified atom stereocenters. The van der Waals surface area contributed by atoms with E-state index in [-0.39, 0.29) is 11.5 Å². The second-order valence-electron chi connectivity index (χ2n) is 9.21. The van der Waals surface area contributed by atoms with E-state index in [2.05, 4.69) is 64.5 Å². The van der Waals surface area contributed by atoms with Gasteiger partial charge in [0.05, 0.1) is 11.3 Å². The van der Waals surface area contributed by atoms with Crippen LogP contribution in [-0.4, -0.2) is 57.9 Å². The highest BCUT2D eigenvalue weighted by Crippen LogP contribution is 2.34. The smallest absolute Gasteiger partial charge is 0.299 e.